The number of hydrogen-bond acceptors (Lipinski definition) is 7. The summed E-state index contributed by atoms with van der Waals surface area (Å²) in [5, 5.41) is 4.93. The number of urea groups is 1. The monoisotopic (exact) mass is 378 g/mol. The Morgan fingerprint density at radius 3 is 2.48 bits per heavy atom. The molecule has 0 saturated heterocycles. The quantitative estimate of drug-likeness (QED) is 0.620. The third-order valence-corrected chi connectivity index (χ3v) is 3.59. The van der Waals surface area contributed by atoms with E-state index in [2.05, 4.69) is 10.6 Å². The molecule has 0 saturated carbocycles. The summed E-state index contributed by atoms with van der Waals surface area (Å²) >= 11 is 0. The zero-order valence-electron chi connectivity index (χ0n) is 15.2. The van der Waals surface area contributed by atoms with Gasteiger partial charge in [0.15, 0.2) is 0 Å². The van der Waals surface area contributed by atoms with Gasteiger partial charge in [-0.2, -0.15) is 0 Å². The number of benzene rings is 1. The molecule has 0 fully saturated rings. The summed E-state index contributed by atoms with van der Waals surface area (Å²) in [5.41, 5.74) is 0.431. The molecule has 0 aliphatic carbocycles. The minimum absolute atomic E-state index is 0.0120. The van der Waals surface area contributed by atoms with Gasteiger partial charge in [0, 0.05) is 0 Å². The van der Waals surface area contributed by atoms with Gasteiger partial charge in [-0.15, -0.1) is 0 Å². The number of carbonyl (C=O) groups excluding carboxylic acids is 3. The lowest BCUT2D eigenvalue weighted by atomic mass is 10.2. The molecule has 0 atom stereocenters. The van der Waals surface area contributed by atoms with Gasteiger partial charge in [0.25, 0.3) is 0 Å². The molecular formula is C18H22N2O7. The largest absolute Gasteiger partial charge is 0.497 e. The summed E-state index contributed by atoms with van der Waals surface area (Å²) in [6.07, 6.45) is 0.0141. The van der Waals surface area contributed by atoms with E-state index in [1.807, 2.05) is 0 Å². The summed E-state index contributed by atoms with van der Waals surface area (Å²) in [6, 6.07) is 6.47. The zero-order chi connectivity index (χ0) is 19.6. The van der Waals surface area contributed by atoms with Crippen LogP contribution in [0.25, 0.3) is 0 Å². The fraction of sp³-hybridized carbons (Fsp3) is 0.389. The Morgan fingerprint density at radius 2 is 1.81 bits per heavy atom. The van der Waals surface area contributed by atoms with Crippen molar-refractivity contribution in [3.05, 3.63) is 35.5 Å². The summed E-state index contributed by atoms with van der Waals surface area (Å²) in [6.45, 7) is 1.78. The highest BCUT2D eigenvalue weighted by molar-refractivity contribution is 5.93. The lowest BCUT2D eigenvalue weighted by Crippen LogP contribution is -2.45. The van der Waals surface area contributed by atoms with E-state index >= 15 is 0 Å². The van der Waals surface area contributed by atoms with Crippen LogP contribution in [0.2, 0.25) is 0 Å². The Hall–Kier alpha value is -3.23. The van der Waals surface area contributed by atoms with Gasteiger partial charge >= 0.3 is 18.0 Å². The van der Waals surface area contributed by atoms with Crippen molar-refractivity contribution >= 4 is 18.0 Å². The average molecular weight is 378 g/mol. The van der Waals surface area contributed by atoms with Gasteiger partial charge in [0.05, 0.1) is 44.6 Å². The minimum Gasteiger partial charge on any atom is -0.497 e. The minimum atomic E-state index is -0.570. The smallest absolute Gasteiger partial charge is 0.337 e. The van der Waals surface area contributed by atoms with Gasteiger partial charge in [-0.3, -0.25) is 4.79 Å². The molecular weight excluding hydrogens is 356 g/mol. The standard InChI is InChI=1S/C18H22N2O7/c1-3-25-17(22)14-10-19-18(23)20-15(14)11-27-16(21)8-9-26-13-6-4-12(24-2)5-7-13/h4-7H,3,8-11H2,1-2H3,(H2,19,20,23). The highest BCUT2D eigenvalue weighted by Gasteiger charge is 2.24. The first-order valence-corrected chi connectivity index (χ1v) is 8.40. The fourth-order valence-corrected chi connectivity index (χ4v) is 2.22. The van der Waals surface area contributed by atoms with Gasteiger partial charge in [-0.1, -0.05) is 0 Å². The average Bonchev–Trinajstić information content (AvgIpc) is 2.67. The van der Waals surface area contributed by atoms with Crippen molar-refractivity contribution in [3.63, 3.8) is 0 Å². The summed E-state index contributed by atoms with van der Waals surface area (Å²) in [7, 11) is 1.57. The van der Waals surface area contributed by atoms with Crippen LogP contribution in [0.5, 0.6) is 11.5 Å². The fourth-order valence-electron chi connectivity index (χ4n) is 2.22. The molecule has 1 aromatic rings. The van der Waals surface area contributed by atoms with E-state index in [0.717, 1.165) is 0 Å². The van der Waals surface area contributed by atoms with Crippen LogP contribution in [0.4, 0.5) is 4.79 Å². The maximum absolute atomic E-state index is 11.9. The molecule has 2 amide bonds. The third kappa shape index (κ3) is 6.21. The van der Waals surface area contributed by atoms with E-state index in [9.17, 15) is 14.4 Å². The number of carbonyl (C=O) groups is 3. The Balaban J connectivity index is 1.81. The Morgan fingerprint density at radius 1 is 1.11 bits per heavy atom. The number of methoxy groups -OCH3 is 1. The lowest BCUT2D eigenvalue weighted by Gasteiger charge is -2.21. The van der Waals surface area contributed by atoms with E-state index in [0.29, 0.717) is 11.5 Å². The predicted octanol–water partition coefficient (Wildman–Crippen LogP) is 1.14. The molecule has 0 aromatic heterocycles. The lowest BCUT2D eigenvalue weighted by molar-refractivity contribution is -0.144. The molecule has 1 aliphatic rings. The Labute approximate surface area is 156 Å². The summed E-state index contributed by atoms with van der Waals surface area (Å²) in [5.74, 6) is 0.212. The second-order valence-corrected chi connectivity index (χ2v) is 5.42. The number of esters is 2. The molecule has 1 heterocycles. The number of rotatable bonds is 9. The topological polar surface area (TPSA) is 112 Å². The number of hydrogen-bond donors (Lipinski definition) is 2. The molecule has 146 valence electrons. The molecule has 0 unspecified atom stereocenters. The van der Waals surface area contributed by atoms with Crippen LogP contribution < -0.4 is 20.1 Å². The SMILES string of the molecule is CCOC(=O)C1=C(COC(=O)CCOc2ccc(OC)cc2)NC(=O)NC1. The predicted molar refractivity (Wildman–Crippen MR) is 94.3 cm³/mol. The first kappa shape index (κ1) is 20.1. The summed E-state index contributed by atoms with van der Waals surface area (Å²) < 4.78 is 20.5. The van der Waals surface area contributed by atoms with Crippen LogP contribution in [0, 0.1) is 0 Å². The second kappa shape index (κ2) is 10.0. The van der Waals surface area contributed by atoms with Crippen molar-refractivity contribution < 1.29 is 33.3 Å². The van der Waals surface area contributed by atoms with E-state index in [4.69, 9.17) is 18.9 Å². The van der Waals surface area contributed by atoms with Crippen molar-refractivity contribution in [2.75, 3.05) is 33.5 Å². The van der Waals surface area contributed by atoms with E-state index in [1.54, 1.807) is 38.3 Å². The third-order valence-electron chi connectivity index (χ3n) is 3.59. The summed E-state index contributed by atoms with van der Waals surface area (Å²) in [4.78, 5) is 35.2. The zero-order valence-corrected chi connectivity index (χ0v) is 15.2. The molecule has 1 aliphatic heterocycles. The Kier molecular flexibility index (Phi) is 7.48. The first-order valence-electron chi connectivity index (χ1n) is 8.40. The van der Waals surface area contributed by atoms with Crippen molar-refractivity contribution in [2.24, 2.45) is 0 Å². The number of nitrogens with one attached hydrogen (secondary N) is 2. The molecule has 1 aromatic carbocycles. The van der Waals surface area contributed by atoms with Crippen LogP contribution in [-0.2, 0) is 19.1 Å². The molecule has 0 spiro atoms. The maximum atomic E-state index is 11.9. The molecule has 0 radical (unpaired) electrons. The molecule has 9 nitrogen and oxygen atoms in total. The van der Waals surface area contributed by atoms with Crippen molar-refractivity contribution in [2.45, 2.75) is 13.3 Å². The number of amides is 2. The van der Waals surface area contributed by atoms with E-state index < -0.39 is 18.0 Å². The number of ether oxygens (including phenoxy) is 4. The van der Waals surface area contributed by atoms with Gasteiger partial charge in [0.2, 0.25) is 0 Å². The van der Waals surface area contributed by atoms with Gasteiger partial charge in [-0.25, -0.2) is 9.59 Å². The second-order valence-electron chi connectivity index (χ2n) is 5.42. The van der Waals surface area contributed by atoms with Crippen LogP contribution >= 0.6 is 0 Å². The highest BCUT2D eigenvalue weighted by Crippen LogP contribution is 2.17. The highest BCUT2D eigenvalue weighted by atomic mass is 16.5. The van der Waals surface area contributed by atoms with Crippen molar-refractivity contribution in [1.82, 2.24) is 10.6 Å². The molecule has 9 heteroatoms. The van der Waals surface area contributed by atoms with E-state index in [-0.39, 0.29) is 44.1 Å². The first-order chi connectivity index (χ1) is 13.0. The Bertz CT molecular complexity index is 713. The normalized spacial score (nSPS) is 13.3. The van der Waals surface area contributed by atoms with Gasteiger partial charge < -0.3 is 29.6 Å². The van der Waals surface area contributed by atoms with E-state index in [1.165, 1.54) is 0 Å². The molecule has 2 N–H and O–H groups in total. The van der Waals surface area contributed by atoms with Crippen molar-refractivity contribution in [3.8, 4) is 11.5 Å². The van der Waals surface area contributed by atoms with Crippen LogP contribution in [-0.4, -0.2) is 51.4 Å². The van der Waals surface area contributed by atoms with Crippen LogP contribution in [0.3, 0.4) is 0 Å². The molecule has 27 heavy (non-hydrogen) atoms. The van der Waals surface area contributed by atoms with Crippen molar-refractivity contribution in [1.29, 1.82) is 0 Å². The van der Waals surface area contributed by atoms with Gasteiger partial charge in [-0.05, 0) is 31.2 Å². The van der Waals surface area contributed by atoms with Crippen LogP contribution in [0.1, 0.15) is 13.3 Å². The maximum Gasteiger partial charge on any atom is 0.337 e. The van der Waals surface area contributed by atoms with Gasteiger partial charge in [0.1, 0.15) is 18.1 Å². The molecule has 2 rings (SSSR count). The molecule has 0 bridgehead atoms. The van der Waals surface area contributed by atoms with Crippen LogP contribution in [0.15, 0.2) is 35.5 Å².